The number of benzene rings is 1. The highest BCUT2D eigenvalue weighted by Gasteiger charge is 2.20. The minimum atomic E-state index is -1.12. The maximum Gasteiger partial charge on any atom is 0.323 e. The third-order valence-electron chi connectivity index (χ3n) is 3.08. The van der Waals surface area contributed by atoms with Crippen LogP contribution in [0.25, 0.3) is 5.69 Å². The molecule has 0 fully saturated rings. The van der Waals surface area contributed by atoms with Gasteiger partial charge in [-0.05, 0) is 30.3 Å². The number of carboxylic acids is 1. The lowest BCUT2D eigenvalue weighted by molar-refractivity contribution is -0.137. The smallest absolute Gasteiger partial charge is 0.323 e. The molecule has 1 aromatic heterocycles. The van der Waals surface area contributed by atoms with Crippen LogP contribution < -0.4 is 0 Å². The summed E-state index contributed by atoms with van der Waals surface area (Å²) in [6.07, 6.45) is 1.55. The zero-order valence-corrected chi connectivity index (χ0v) is 12.5. The maximum absolute atomic E-state index is 12.9. The molecule has 0 aliphatic heterocycles. The first-order chi connectivity index (χ1) is 11.0. The topological polar surface area (TPSA) is 84.7 Å². The van der Waals surface area contributed by atoms with Crippen molar-refractivity contribution in [2.75, 3.05) is 26.8 Å². The predicted molar refractivity (Wildman–Crippen MR) is 78.9 cm³/mol. The Kier molecular flexibility index (Phi) is 5.42. The van der Waals surface area contributed by atoms with Crippen molar-refractivity contribution in [2.24, 2.45) is 0 Å². The van der Waals surface area contributed by atoms with E-state index in [1.54, 1.807) is 6.20 Å². The molecule has 0 radical (unpaired) electrons. The van der Waals surface area contributed by atoms with Crippen LogP contribution in [0.3, 0.4) is 0 Å². The Morgan fingerprint density at radius 2 is 2.00 bits per heavy atom. The Hall–Kier alpha value is -2.74. The number of carbonyl (C=O) groups is 2. The second-order valence-corrected chi connectivity index (χ2v) is 4.74. The summed E-state index contributed by atoms with van der Waals surface area (Å²) in [5.74, 6) is -2.00. The first kappa shape index (κ1) is 16.6. The van der Waals surface area contributed by atoms with E-state index in [1.807, 2.05) is 0 Å². The van der Waals surface area contributed by atoms with Crippen LogP contribution in [0.1, 0.15) is 10.5 Å². The third kappa shape index (κ3) is 4.36. The van der Waals surface area contributed by atoms with E-state index in [-0.39, 0.29) is 24.7 Å². The summed E-state index contributed by atoms with van der Waals surface area (Å²) in [5.41, 5.74) is 0.693. The molecule has 8 heteroatoms. The minimum absolute atomic E-state index is 0.103. The van der Waals surface area contributed by atoms with Crippen molar-refractivity contribution in [2.45, 2.75) is 0 Å². The van der Waals surface area contributed by atoms with Crippen LogP contribution in [0, 0.1) is 5.82 Å². The van der Waals surface area contributed by atoms with E-state index in [4.69, 9.17) is 9.84 Å². The normalized spacial score (nSPS) is 10.5. The monoisotopic (exact) mass is 321 g/mol. The van der Waals surface area contributed by atoms with E-state index in [0.29, 0.717) is 5.69 Å². The second kappa shape index (κ2) is 7.50. The number of carboxylic acid groups (broad SMARTS) is 1. The van der Waals surface area contributed by atoms with Gasteiger partial charge in [-0.3, -0.25) is 9.59 Å². The number of amides is 1. The molecule has 0 saturated carbocycles. The molecule has 0 aliphatic carbocycles. The number of rotatable bonds is 7. The maximum atomic E-state index is 12.9. The lowest BCUT2D eigenvalue weighted by Gasteiger charge is -2.18. The summed E-state index contributed by atoms with van der Waals surface area (Å²) in [6, 6.07) is 7.10. The number of aromatic nitrogens is 2. The molecule has 0 saturated heterocycles. The first-order valence-corrected chi connectivity index (χ1v) is 6.83. The number of halogens is 1. The summed E-state index contributed by atoms with van der Waals surface area (Å²) in [5, 5.41) is 13.0. The Morgan fingerprint density at radius 1 is 1.30 bits per heavy atom. The van der Waals surface area contributed by atoms with Crippen LogP contribution in [0.15, 0.2) is 36.5 Å². The van der Waals surface area contributed by atoms with Gasteiger partial charge < -0.3 is 14.7 Å². The van der Waals surface area contributed by atoms with Gasteiger partial charge in [0, 0.05) is 19.9 Å². The largest absolute Gasteiger partial charge is 0.480 e. The zero-order valence-electron chi connectivity index (χ0n) is 12.5. The molecule has 23 heavy (non-hydrogen) atoms. The summed E-state index contributed by atoms with van der Waals surface area (Å²) in [4.78, 5) is 24.4. The average Bonchev–Trinajstić information content (AvgIpc) is 3.01. The Bertz CT molecular complexity index is 684. The van der Waals surface area contributed by atoms with Crippen LogP contribution in [0.2, 0.25) is 0 Å². The zero-order chi connectivity index (χ0) is 16.8. The minimum Gasteiger partial charge on any atom is -0.480 e. The molecule has 0 spiro atoms. The number of hydrogen-bond donors (Lipinski definition) is 1. The van der Waals surface area contributed by atoms with Crippen LogP contribution in [0.5, 0.6) is 0 Å². The summed E-state index contributed by atoms with van der Waals surface area (Å²) < 4.78 is 19.2. The lowest BCUT2D eigenvalue weighted by Crippen LogP contribution is -2.38. The van der Waals surface area contributed by atoms with Gasteiger partial charge in [0.05, 0.1) is 12.3 Å². The lowest BCUT2D eigenvalue weighted by atomic mass is 10.3. The number of nitrogens with zero attached hydrogens (tertiary/aromatic N) is 3. The highest BCUT2D eigenvalue weighted by atomic mass is 19.1. The molecule has 0 atom stereocenters. The molecule has 122 valence electrons. The fourth-order valence-corrected chi connectivity index (χ4v) is 1.95. The van der Waals surface area contributed by atoms with Crippen LogP contribution >= 0.6 is 0 Å². The number of hydrogen-bond acceptors (Lipinski definition) is 4. The van der Waals surface area contributed by atoms with Gasteiger partial charge in [0.15, 0.2) is 5.69 Å². The fraction of sp³-hybridized carbons (Fsp3) is 0.267. The molecule has 0 unspecified atom stereocenters. The predicted octanol–water partition coefficient (Wildman–Crippen LogP) is 1.18. The molecule has 0 bridgehead atoms. The van der Waals surface area contributed by atoms with Gasteiger partial charge in [0.25, 0.3) is 5.91 Å². The van der Waals surface area contributed by atoms with Gasteiger partial charge in [-0.1, -0.05) is 0 Å². The number of carbonyl (C=O) groups excluding carboxylic acids is 1. The molecule has 1 N–H and O–H groups in total. The van der Waals surface area contributed by atoms with Gasteiger partial charge in [-0.15, -0.1) is 0 Å². The Balaban J connectivity index is 2.17. The molecule has 0 aliphatic rings. The van der Waals surface area contributed by atoms with E-state index in [0.717, 1.165) is 4.90 Å². The van der Waals surface area contributed by atoms with Gasteiger partial charge >= 0.3 is 5.97 Å². The first-order valence-electron chi connectivity index (χ1n) is 6.83. The van der Waals surface area contributed by atoms with E-state index in [9.17, 15) is 14.0 Å². The SMILES string of the molecule is COCCN(CC(=O)O)C(=O)c1ccn(-c2ccc(F)cc2)n1. The quantitative estimate of drug-likeness (QED) is 0.828. The van der Waals surface area contributed by atoms with Crippen molar-refractivity contribution >= 4 is 11.9 Å². The Labute approximate surface area is 131 Å². The van der Waals surface area contributed by atoms with Crippen molar-refractivity contribution < 1.29 is 23.8 Å². The van der Waals surface area contributed by atoms with Crippen molar-refractivity contribution in [1.82, 2.24) is 14.7 Å². The van der Waals surface area contributed by atoms with Gasteiger partial charge in [0.2, 0.25) is 0 Å². The fourth-order valence-electron chi connectivity index (χ4n) is 1.95. The van der Waals surface area contributed by atoms with Gasteiger partial charge in [-0.2, -0.15) is 5.10 Å². The average molecular weight is 321 g/mol. The van der Waals surface area contributed by atoms with E-state index >= 15 is 0 Å². The molecule has 7 nitrogen and oxygen atoms in total. The number of aliphatic carboxylic acids is 1. The van der Waals surface area contributed by atoms with Crippen molar-refractivity contribution in [3.8, 4) is 5.69 Å². The highest BCUT2D eigenvalue weighted by molar-refractivity contribution is 5.94. The van der Waals surface area contributed by atoms with Gasteiger partial charge in [-0.25, -0.2) is 9.07 Å². The standard InChI is InChI=1S/C15H16FN3O4/c1-23-9-8-18(10-14(20)21)15(22)13-6-7-19(17-13)12-4-2-11(16)3-5-12/h2-7H,8-10H2,1H3,(H,20,21). The summed E-state index contributed by atoms with van der Waals surface area (Å²) in [6.45, 7) is -0.0751. The van der Waals surface area contributed by atoms with Crippen molar-refractivity contribution in [3.63, 3.8) is 0 Å². The van der Waals surface area contributed by atoms with E-state index < -0.39 is 18.4 Å². The van der Waals surface area contributed by atoms with Crippen LogP contribution in [0.4, 0.5) is 4.39 Å². The molecule has 2 aromatic rings. The molecule has 1 aromatic carbocycles. The molecule has 2 rings (SSSR count). The summed E-state index contributed by atoms with van der Waals surface area (Å²) in [7, 11) is 1.46. The van der Waals surface area contributed by atoms with Crippen LogP contribution in [-0.2, 0) is 9.53 Å². The Morgan fingerprint density at radius 3 is 2.61 bits per heavy atom. The molecular formula is C15H16FN3O4. The van der Waals surface area contributed by atoms with Crippen molar-refractivity contribution in [1.29, 1.82) is 0 Å². The second-order valence-electron chi connectivity index (χ2n) is 4.74. The molecule has 1 amide bonds. The molecule has 1 heterocycles. The van der Waals surface area contributed by atoms with E-state index in [2.05, 4.69) is 5.10 Å². The van der Waals surface area contributed by atoms with Crippen molar-refractivity contribution in [3.05, 3.63) is 48.0 Å². The van der Waals surface area contributed by atoms with Gasteiger partial charge in [0.1, 0.15) is 12.4 Å². The van der Waals surface area contributed by atoms with E-state index in [1.165, 1.54) is 42.1 Å². The third-order valence-corrected chi connectivity index (χ3v) is 3.08. The number of ether oxygens (including phenoxy) is 1. The number of methoxy groups -OCH3 is 1. The summed E-state index contributed by atoms with van der Waals surface area (Å²) >= 11 is 0. The molecular weight excluding hydrogens is 305 g/mol. The van der Waals surface area contributed by atoms with Crippen LogP contribution in [-0.4, -0.2) is 58.5 Å². The highest BCUT2D eigenvalue weighted by Crippen LogP contribution is 2.10.